The maximum absolute atomic E-state index is 13.6. The zero-order valence-corrected chi connectivity index (χ0v) is 12.1. The van der Waals surface area contributed by atoms with Crippen molar-refractivity contribution in [1.82, 2.24) is 4.90 Å². The number of carbonyl (C=O) groups is 2. The number of anilines is 1. The summed E-state index contributed by atoms with van der Waals surface area (Å²) in [6.07, 6.45) is 0.874. The normalized spacial score (nSPS) is 18.7. The summed E-state index contributed by atoms with van der Waals surface area (Å²) in [5.41, 5.74) is 0.0886. The number of nitrogens with one attached hydrogen (secondary N) is 1. The van der Waals surface area contributed by atoms with Gasteiger partial charge in [-0.05, 0) is 37.1 Å². The number of nitrogens with zero attached hydrogens (tertiary/aromatic N) is 1. The van der Waals surface area contributed by atoms with E-state index in [2.05, 4.69) is 5.32 Å². The molecule has 1 amide bonds. The van der Waals surface area contributed by atoms with E-state index >= 15 is 0 Å². The molecule has 1 saturated heterocycles. The van der Waals surface area contributed by atoms with Crippen molar-refractivity contribution in [1.29, 1.82) is 0 Å². The molecule has 1 aliphatic rings. The lowest BCUT2D eigenvalue weighted by atomic mass is 10.1. The van der Waals surface area contributed by atoms with Gasteiger partial charge in [0.15, 0.2) is 0 Å². The van der Waals surface area contributed by atoms with E-state index < -0.39 is 11.8 Å². The number of carbonyl (C=O) groups excluding carboxylic acids is 1. The summed E-state index contributed by atoms with van der Waals surface area (Å²) in [5.74, 6) is -1.66. The van der Waals surface area contributed by atoms with E-state index in [1.54, 1.807) is 0 Å². The van der Waals surface area contributed by atoms with Crippen LogP contribution in [-0.4, -0.2) is 41.5 Å². The van der Waals surface area contributed by atoms with E-state index in [9.17, 15) is 14.0 Å². The molecule has 2 rings (SSSR count). The number of hydrogen-bond acceptors (Lipinski definition) is 3. The van der Waals surface area contributed by atoms with E-state index in [0.29, 0.717) is 13.1 Å². The van der Waals surface area contributed by atoms with E-state index in [0.717, 1.165) is 12.5 Å². The van der Waals surface area contributed by atoms with Gasteiger partial charge in [-0.1, -0.05) is 11.6 Å². The fourth-order valence-electron chi connectivity index (χ4n) is 2.45. The number of likely N-dealkylation sites (tertiary alicyclic amines) is 1. The fourth-order valence-corrected chi connectivity index (χ4v) is 2.61. The third-order valence-corrected chi connectivity index (χ3v) is 3.64. The predicted octanol–water partition coefficient (Wildman–Crippen LogP) is 2.21. The first kappa shape index (κ1) is 15.7. The van der Waals surface area contributed by atoms with Crippen LogP contribution in [0.15, 0.2) is 18.2 Å². The third-order valence-electron chi connectivity index (χ3n) is 3.41. The monoisotopic (exact) mass is 314 g/mol. The lowest BCUT2D eigenvalue weighted by Gasteiger charge is -2.15. The highest BCUT2D eigenvalue weighted by Gasteiger charge is 2.25. The van der Waals surface area contributed by atoms with Gasteiger partial charge in [-0.2, -0.15) is 0 Å². The largest absolute Gasteiger partial charge is 0.481 e. The molecule has 0 spiro atoms. The van der Waals surface area contributed by atoms with Gasteiger partial charge < -0.3 is 10.4 Å². The molecule has 0 aliphatic carbocycles. The van der Waals surface area contributed by atoms with E-state index in [1.807, 2.05) is 4.90 Å². The molecular formula is C14H16ClFN2O3. The minimum absolute atomic E-state index is 0.0718. The summed E-state index contributed by atoms with van der Waals surface area (Å²) in [6, 6.07) is 4.04. The van der Waals surface area contributed by atoms with Crippen LogP contribution in [0.5, 0.6) is 0 Å². The molecule has 1 fully saturated rings. The van der Waals surface area contributed by atoms with Gasteiger partial charge >= 0.3 is 5.97 Å². The standard InChI is InChI=1S/C14H16ClFN2O3/c15-10-1-2-12(11(16)6-10)17-13(19)8-18-4-3-9(7-18)5-14(20)21/h1-2,6,9H,3-5,7-8H2,(H,17,19)(H,20,21). The van der Waals surface area contributed by atoms with Gasteiger partial charge in [-0.3, -0.25) is 14.5 Å². The van der Waals surface area contributed by atoms with E-state index in [-0.39, 0.29) is 35.5 Å². The van der Waals surface area contributed by atoms with Crippen molar-refractivity contribution in [2.75, 3.05) is 25.0 Å². The average molecular weight is 315 g/mol. The van der Waals surface area contributed by atoms with Crippen molar-refractivity contribution in [2.24, 2.45) is 5.92 Å². The molecule has 21 heavy (non-hydrogen) atoms. The van der Waals surface area contributed by atoms with E-state index in [1.165, 1.54) is 12.1 Å². The maximum Gasteiger partial charge on any atom is 0.303 e. The molecule has 1 heterocycles. The quantitative estimate of drug-likeness (QED) is 0.874. The SMILES string of the molecule is O=C(O)CC1CCN(CC(=O)Nc2ccc(Cl)cc2F)C1. The van der Waals surface area contributed by atoms with Gasteiger partial charge in [0, 0.05) is 18.0 Å². The molecule has 1 aliphatic heterocycles. The van der Waals surface area contributed by atoms with E-state index in [4.69, 9.17) is 16.7 Å². The van der Waals surface area contributed by atoms with Crippen molar-refractivity contribution in [3.05, 3.63) is 29.0 Å². The Morgan fingerprint density at radius 3 is 2.90 bits per heavy atom. The lowest BCUT2D eigenvalue weighted by molar-refractivity contribution is -0.138. The highest BCUT2D eigenvalue weighted by molar-refractivity contribution is 6.30. The number of carboxylic acids is 1. The molecule has 0 aromatic heterocycles. The molecule has 2 N–H and O–H groups in total. The lowest BCUT2D eigenvalue weighted by Crippen LogP contribution is -2.32. The van der Waals surface area contributed by atoms with Crippen LogP contribution >= 0.6 is 11.6 Å². The second-order valence-corrected chi connectivity index (χ2v) is 5.60. The number of aliphatic carboxylic acids is 1. The summed E-state index contributed by atoms with van der Waals surface area (Å²) >= 11 is 5.64. The number of hydrogen-bond donors (Lipinski definition) is 2. The smallest absolute Gasteiger partial charge is 0.303 e. The van der Waals surface area contributed by atoms with Crippen LogP contribution in [0, 0.1) is 11.7 Å². The zero-order valence-electron chi connectivity index (χ0n) is 11.3. The van der Waals surface area contributed by atoms with Crippen LogP contribution in [0.4, 0.5) is 10.1 Å². The first-order chi connectivity index (χ1) is 9.94. The first-order valence-corrected chi connectivity index (χ1v) is 7.01. The van der Waals surface area contributed by atoms with Crippen molar-refractivity contribution < 1.29 is 19.1 Å². The minimum atomic E-state index is -0.825. The highest BCUT2D eigenvalue weighted by atomic mass is 35.5. The molecule has 0 saturated carbocycles. The van der Waals surface area contributed by atoms with Gasteiger partial charge in [0.2, 0.25) is 5.91 Å². The first-order valence-electron chi connectivity index (χ1n) is 6.63. The van der Waals surface area contributed by atoms with Crippen LogP contribution < -0.4 is 5.32 Å². The Morgan fingerprint density at radius 1 is 1.48 bits per heavy atom. The molecule has 0 bridgehead atoms. The molecule has 0 radical (unpaired) electrons. The number of carboxylic acid groups (broad SMARTS) is 1. The molecule has 1 atom stereocenters. The van der Waals surface area contributed by atoms with Crippen molar-refractivity contribution in [3.8, 4) is 0 Å². The summed E-state index contributed by atoms with van der Waals surface area (Å²) < 4.78 is 13.6. The van der Waals surface area contributed by atoms with Crippen molar-refractivity contribution in [2.45, 2.75) is 12.8 Å². The van der Waals surface area contributed by atoms with Crippen molar-refractivity contribution >= 4 is 29.2 Å². The fraction of sp³-hybridized carbons (Fsp3) is 0.429. The summed E-state index contributed by atoms with van der Waals surface area (Å²) in [5, 5.41) is 11.5. The minimum Gasteiger partial charge on any atom is -0.481 e. The predicted molar refractivity (Wildman–Crippen MR) is 76.8 cm³/mol. The summed E-state index contributed by atoms with van der Waals surface area (Å²) in [4.78, 5) is 24.4. The maximum atomic E-state index is 13.6. The molecule has 1 unspecified atom stereocenters. The molecule has 114 valence electrons. The summed E-state index contributed by atoms with van der Waals surface area (Å²) in [6.45, 7) is 1.37. The Morgan fingerprint density at radius 2 is 2.24 bits per heavy atom. The molecule has 5 nitrogen and oxygen atoms in total. The van der Waals surface area contributed by atoms with Crippen LogP contribution in [0.2, 0.25) is 5.02 Å². The van der Waals surface area contributed by atoms with Crippen LogP contribution in [0.25, 0.3) is 0 Å². The van der Waals surface area contributed by atoms with Gasteiger partial charge in [-0.15, -0.1) is 0 Å². The van der Waals surface area contributed by atoms with Gasteiger partial charge in [-0.25, -0.2) is 4.39 Å². The molecule has 1 aromatic rings. The number of benzene rings is 1. The van der Waals surface area contributed by atoms with Crippen LogP contribution in [-0.2, 0) is 9.59 Å². The Labute approximate surface area is 126 Å². The Bertz CT molecular complexity index is 553. The second kappa shape index (κ2) is 6.87. The molecule has 7 heteroatoms. The topological polar surface area (TPSA) is 69.6 Å². The second-order valence-electron chi connectivity index (χ2n) is 5.16. The number of halogens is 2. The Kier molecular flexibility index (Phi) is 5.14. The van der Waals surface area contributed by atoms with Crippen LogP contribution in [0.1, 0.15) is 12.8 Å². The average Bonchev–Trinajstić information content (AvgIpc) is 2.79. The van der Waals surface area contributed by atoms with Crippen molar-refractivity contribution in [3.63, 3.8) is 0 Å². The zero-order chi connectivity index (χ0) is 15.4. The molecule has 1 aromatic carbocycles. The Hall–Kier alpha value is -1.66. The number of rotatable bonds is 5. The third kappa shape index (κ3) is 4.68. The van der Waals surface area contributed by atoms with Gasteiger partial charge in [0.1, 0.15) is 5.82 Å². The Balaban J connectivity index is 1.84. The van der Waals surface area contributed by atoms with Gasteiger partial charge in [0.25, 0.3) is 0 Å². The van der Waals surface area contributed by atoms with Crippen LogP contribution in [0.3, 0.4) is 0 Å². The number of amides is 1. The molecular weight excluding hydrogens is 299 g/mol. The van der Waals surface area contributed by atoms with Gasteiger partial charge in [0.05, 0.1) is 12.2 Å². The summed E-state index contributed by atoms with van der Waals surface area (Å²) in [7, 11) is 0. The highest BCUT2D eigenvalue weighted by Crippen LogP contribution is 2.21.